The van der Waals surface area contributed by atoms with Crippen LogP contribution in [0.3, 0.4) is 0 Å². The van der Waals surface area contributed by atoms with Gasteiger partial charge in [-0.15, -0.1) is 0 Å². The molecule has 2 N–H and O–H groups in total. The summed E-state index contributed by atoms with van der Waals surface area (Å²) in [6.07, 6.45) is 3.16. The van der Waals surface area contributed by atoms with Crippen molar-refractivity contribution in [3.8, 4) is 22.9 Å². The SMILES string of the molecule is O=C(Nc1ccc2c(c1)OCCO2)[C@@H]1CCCN(C(=O)c2cc(-c3ccccn3)n[nH]2)C1. The fourth-order valence-corrected chi connectivity index (χ4v) is 3.99. The van der Waals surface area contributed by atoms with E-state index in [1.54, 1.807) is 35.4 Å². The maximum absolute atomic E-state index is 13.0. The Hall–Kier alpha value is -3.88. The highest BCUT2D eigenvalue weighted by Gasteiger charge is 2.30. The summed E-state index contributed by atoms with van der Waals surface area (Å²) in [5, 5.41) is 9.96. The van der Waals surface area contributed by atoms with Crippen molar-refractivity contribution in [2.75, 3.05) is 31.6 Å². The molecule has 9 heteroatoms. The van der Waals surface area contributed by atoms with Gasteiger partial charge in [-0.1, -0.05) is 6.07 Å². The van der Waals surface area contributed by atoms with Crippen molar-refractivity contribution in [2.24, 2.45) is 5.92 Å². The molecule has 1 atom stereocenters. The van der Waals surface area contributed by atoms with Crippen molar-refractivity contribution in [2.45, 2.75) is 12.8 Å². The summed E-state index contributed by atoms with van der Waals surface area (Å²) >= 11 is 0. The van der Waals surface area contributed by atoms with Crippen molar-refractivity contribution in [1.82, 2.24) is 20.1 Å². The van der Waals surface area contributed by atoms with E-state index in [1.165, 1.54) is 0 Å². The Morgan fingerprint density at radius 3 is 2.78 bits per heavy atom. The Balaban J connectivity index is 1.24. The lowest BCUT2D eigenvalue weighted by molar-refractivity contribution is -0.121. The van der Waals surface area contributed by atoms with E-state index in [0.717, 1.165) is 12.8 Å². The molecule has 0 unspecified atom stereocenters. The maximum Gasteiger partial charge on any atom is 0.271 e. The third kappa shape index (κ3) is 4.14. The number of nitrogens with one attached hydrogen (secondary N) is 2. The summed E-state index contributed by atoms with van der Waals surface area (Å²) in [4.78, 5) is 31.8. The predicted molar refractivity (Wildman–Crippen MR) is 117 cm³/mol. The largest absolute Gasteiger partial charge is 0.486 e. The number of carbonyl (C=O) groups excluding carboxylic acids is 2. The lowest BCUT2D eigenvalue weighted by Gasteiger charge is -2.31. The fourth-order valence-electron chi connectivity index (χ4n) is 3.99. The number of carbonyl (C=O) groups is 2. The Morgan fingerprint density at radius 2 is 1.94 bits per heavy atom. The van der Waals surface area contributed by atoms with E-state index in [0.29, 0.717) is 60.6 Å². The number of fused-ring (bicyclic) bond motifs is 1. The summed E-state index contributed by atoms with van der Waals surface area (Å²) in [5.41, 5.74) is 2.34. The average Bonchev–Trinajstić information content (AvgIpc) is 3.34. The number of anilines is 1. The first-order valence-electron chi connectivity index (χ1n) is 10.6. The highest BCUT2D eigenvalue weighted by molar-refractivity contribution is 5.96. The average molecular weight is 433 g/mol. The third-order valence-corrected chi connectivity index (χ3v) is 5.62. The number of H-pyrrole nitrogens is 1. The molecule has 2 aliphatic rings. The van der Waals surface area contributed by atoms with Gasteiger partial charge < -0.3 is 19.7 Å². The van der Waals surface area contributed by atoms with Gasteiger partial charge in [-0.25, -0.2) is 0 Å². The zero-order chi connectivity index (χ0) is 21.9. The van der Waals surface area contributed by atoms with Gasteiger partial charge in [0.15, 0.2) is 11.5 Å². The number of aromatic nitrogens is 3. The first-order chi connectivity index (χ1) is 15.7. The smallest absolute Gasteiger partial charge is 0.271 e. The lowest BCUT2D eigenvalue weighted by atomic mass is 9.96. The number of aromatic amines is 1. The number of benzene rings is 1. The topological polar surface area (TPSA) is 109 Å². The zero-order valence-corrected chi connectivity index (χ0v) is 17.4. The molecular formula is C23H23N5O4. The lowest BCUT2D eigenvalue weighted by Crippen LogP contribution is -2.43. The molecule has 1 aromatic carbocycles. The van der Waals surface area contributed by atoms with Crippen LogP contribution in [0.25, 0.3) is 11.4 Å². The van der Waals surface area contributed by atoms with Gasteiger partial charge in [0.1, 0.15) is 24.6 Å². The van der Waals surface area contributed by atoms with Crippen LogP contribution in [0.5, 0.6) is 11.5 Å². The Kier molecular flexibility index (Phi) is 5.45. The molecule has 0 spiro atoms. The van der Waals surface area contributed by atoms with Crippen LogP contribution < -0.4 is 14.8 Å². The molecule has 0 saturated carbocycles. The van der Waals surface area contributed by atoms with Gasteiger partial charge in [-0.3, -0.25) is 19.7 Å². The van der Waals surface area contributed by atoms with Crippen LogP contribution in [0.1, 0.15) is 23.3 Å². The Morgan fingerprint density at radius 1 is 1.06 bits per heavy atom. The summed E-state index contributed by atoms with van der Waals surface area (Å²) in [6, 6.07) is 12.6. The fraction of sp³-hybridized carbons (Fsp3) is 0.304. The standard InChI is InChI=1S/C23H23N5O4/c29-22(25-16-6-7-20-21(12-16)32-11-10-31-20)15-4-3-9-28(14-15)23(30)19-13-18(26-27-19)17-5-1-2-8-24-17/h1-2,5-8,12-13,15H,3-4,9-11,14H2,(H,25,29)(H,26,27)/t15-/m1/s1. The molecule has 0 radical (unpaired) electrons. The van der Waals surface area contributed by atoms with E-state index in [2.05, 4.69) is 20.5 Å². The normalized spacial score (nSPS) is 17.6. The Bertz CT molecular complexity index is 1130. The molecule has 0 aliphatic carbocycles. The molecule has 1 saturated heterocycles. The zero-order valence-electron chi connectivity index (χ0n) is 17.4. The maximum atomic E-state index is 13.0. The first-order valence-corrected chi connectivity index (χ1v) is 10.6. The number of pyridine rings is 1. The van der Waals surface area contributed by atoms with Crippen LogP contribution in [-0.4, -0.2) is 58.2 Å². The highest BCUT2D eigenvalue weighted by Crippen LogP contribution is 2.33. The molecule has 9 nitrogen and oxygen atoms in total. The van der Waals surface area contributed by atoms with Crippen molar-refractivity contribution >= 4 is 17.5 Å². The number of nitrogens with zero attached hydrogens (tertiary/aromatic N) is 3. The van der Waals surface area contributed by atoms with Crippen molar-refractivity contribution in [1.29, 1.82) is 0 Å². The van der Waals surface area contributed by atoms with Crippen LogP contribution >= 0.6 is 0 Å². The monoisotopic (exact) mass is 433 g/mol. The number of piperidine rings is 1. The van der Waals surface area contributed by atoms with Crippen molar-refractivity contribution in [3.63, 3.8) is 0 Å². The van der Waals surface area contributed by atoms with Gasteiger partial charge in [0, 0.05) is 31.0 Å². The first kappa shape index (κ1) is 20.0. The quantitative estimate of drug-likeness (QED) is 0.655. The molecule has 0 bridgehead atoms. The van der Waals surface area contributed by atoms with Crippen LogP contribution in [0.2, 0.25) is 0 Å². The minimum atomic E-state index is -0.293. The summed E-state index contributed by atoms with van der Waals surface area (Å²) in [7, 11) is 0. The van der Waals surface area contributed by atoms with Gasteiger partial charge in [0.05, 0.1) is 11.6 Å². The predicted octanol–water partition coefficient (Wildman–Crippen LogP) is 2.73. The van der Waals surface area contributed by atoms with E-state index in [4.69, 9.17) is 9.47 Å². The molecule has 5 rings (SSSR count). The van der Waals surface area contributed by atoms with Crippen LogP contribution in [-0.2, 0) is 4.79 Å². The molecule has 2 aromatic heterocycles. The minimum Gasteiger partial charge on any atom is -0.486 e. The second kappa shape index (κ2) is 8.70. The van der Waals surface area contributed by atoms with E-state index in [1.807, 2.05) is 18.2 Å². The number of ether oxygens (including phenoxy) is 2. The van der Waals surface area contributed by atoms with Gasteiger partial charge in [-0.05, 0) is 43.2 Å². The second-order valence-corrected chi connectivity index (χ2v) is 7.82. The van der Waals surface area contributed by atoms with Gasteiger partial charge >= 0.3 is 0 Å². The summed E-state index contributed by atoms with van der Waals surface area (Å²) < 4.78 is 11.1. The number of amides is 2. The van der Waals surface area contributed by atoms with E-state index in [9.17, 15) is 9.59 Å². The second-order valence-electron chi connectivity index (χ2n) is 7.82. The van der Waals surface area contributed by atoms with E-state index < -0.39 is 0 Å². The van der Waals surface area contributed by atoms with Gasteiger partial charge in [0.2, 0.25) is 5.91 Å². The number of hydrogen-bond donors (Lipinski definition) is 2. The third-order valence-electron chi connectivity index (χ3n) is 5.62. The summed E-state index contributed by atoms with van der Waals surface area (Å²) in [6.45, 7) is 1.96. The Labute approximate surface area is 184 Å². The van der Waals surface area contributed by atoms with E-state index in [-0.39, 0.29) is 17.7 Å². The molecule has 1 fully saturated rings. The molecule has 2 amide bonds. The number of hydrogen-bond acceptors (Lipinski definition) is 6. The highest BCUT2D eigenvalue weighted by atomic mass is 16.6. The molecule has 32 heavy (non-hydrogen) atoms. The van der Waals surface area contributed by atoms with Crippen LogP contribution in [0.4, 0.5) is 5.69 Å². The minimum absolute atomic E-state index is 0.113. The number of likely N-dealkylation sites (tertiary alicyclic amines) is 1. The number of rotatable bonds is 4. The molecule has 164 valence electrons. The molecule has 4 heterocycles. The molecular weight excluding hydrogens is 410 g/mol. The summed E-state index contributed by atoms with van der Waals surface area (Å²) in [5.74, 6) is 0.722. The van der Waals surface area contributed by atoms with Gasteiger partial charge in [-0.2, -0.15) is 5.10 Å². The van der Waals surface area contributed by atoms with Crippen molar-refractivity contribution in [3.05, 3.63) is 54.4 Å². The van der Waals surface area contributed by atoms with Crippen LogP contribution in [0.15, 0.2) is 48.7 Å². The molecule has 3 aromatic rings. The molecule has 2 aliphatic heterocycles. The van der Waals surface area contributed by atoms with Crippen LogP contribution in [0, 0.1) is 5.92 Å². The van der Waals surface area contributed by atoms with Crippen molar-refractivity contribution < 1.29 is 19.1 Å². The van der Waals surface area contributed by atoms with Gasteiger partial charge in [0.25, 0.3) is 5.91 Å². The van der Waals surface area contributed by atoms with E-state index >= 15 is 0 Å².